The van der Waals surface area contributed by atoms with E-state index in [0.717, 1.165) is 0 Å². The molecule has 0 saturated carbocycles. The monoisotopic (exact) mass is 492 g/mol. The topological polar surface area (TPSA) is 102 Å². The molecule has 0 spiro atoms. The zero-order chi connectivity index (χ0) is 22.5. The summed E-state index contributed by atoms with van der Waals surface area (Å²) in [6.45, 7) is 2.63. The summed E-state index contributed by atoms with van der Waals surface area (Å²) in [6, 6.07) is 8.95. The van der Waals surface area contributed by atoms with E-state index in [1.165, 1.54) is 36.4 Å². The molecule has 0 aliphatic rings. The number of anilines is 1. The van der Waals surface area contributed by atoms with E-state index in [9.17, 15) is 18.0 Å². The molecule has 11 heteroatoms. The first-order valence-corrected chi connectivity index (χ1v) is 11.3. The molecular weight excluding hydrogens is 475 g/mol. The average Bonchev–Trinajstić information content (AvgIpc) is 2.67. The van der Waals surface area contributed by atoms with Crippen LogP contribution in [-0.2, 0) is 24.3 Å². The summed E-state index contributed by atoms with van der Waals surface area (Å²) >= 11 is 17.7. The molecular formula is C19H19Cl3N2O5S. The molecule has 2 rings (SSSR count). The minimum absolute atomic E-state index is 0.0588. The summed E-state index contributed by atoms with van der Waals surface area (Å²) in [5.41, 5.74) is 0.186. The van der Waals surface area contributed by atoms with Gasteiger partial charge in [0, 0.05) is 5.02 Å². The van der Waals surface area contributed by atoms with Crippen LogP contribution in [-0.4, -0.2) is 32.9 Å². The van der Waals surface area contributed by atoms with Gasteiger partial charge in [-0.3, -0.25) is 9.59 Å². The van der Waals surface area contributed by atoms with Crippen molar-refractivity contribution in [2.45, 2.75) is 24.8 Å². The fraction of sp³-hybridized carbons (Fsp3) is 0.263. The number of carbonyl (C=O) groups is 2. The molecule has 30 heavy (non-hydrogen) atoms. The minimum Gasteiger partial charge on any atom is -0.454 e. The SMILES string of the molecule is CC(C)C(NS(=O)(=O)c1ccc(Cl)cc1)C(=O)OCC(=O)Nc1c(Cl)cccc1Cl. The summed E-state index contributed by atoms with van der Waals surface area (Å²) in [7, 11) is -4.01. The molecule has 162 valence electrons. The lowest BCUT2D eigenvalue weighted by Crippen LogP contribution is -2.45. The fourth-order valence-electron chi connectivity index (χ4n) is 2.32. The van der Waals surface area contributed by atoms with Crippen molar-refractivity contribution in [1.29, 1.82) is 0 Å². The van der Waals surface area contributed by atoms with Gasteiger partial charge in [-0.1, -0.05) is 54.7 Å². The molecule has 1 amide bonds. The summed E-state index contributed by atoms with van der Waals surface area (Å²) in [5.74, 6) is -2.02. The van der Waals surface area contributed by atoms with Crippen LogP contribution in [0.2, 0.25) is 15.1 Å². The van der Waals surface area contributed by atoms with Gasteiger partial charge in [-0.2, -0.15) is 4.72 Å². The number of hydrogen-bond donors (Lipinski definition) is 2. The van der Waals surface area contributed by atoms with Crippen molar-refractivity contribution in [3.05, 3.63) is 57.5 Å². The van der Waals surface area contributed by atoms with E-state index in [1.807, 2.05) is 0 Å². The number of benzene rings is 2. The van der Waals surface area contributed by atoms with E-state index in [-0.39, 0.29) is 20.6 Å². The summed E-state index contributed by atoms with van der Waals surface area (Å²) in [6.07, 6.45) is 0. The highest BCUT2D eigenvalue weighted by Gasteiger charge is 2.30. The minimum atomic E-state index is -4.01. The van der Waals surface area contributed by atoms with Crippen LogP contribution < -0.4 is 10.0 Å². The number of esters is 1. The standard InChI is InChI=1S/C19H19Cl3N2O5S/c1-11(2)17(24-30(27,28)13-8-6-12(20)7-9-13)19(26)29-10-16(25)23-18-14(21)4-3-5-15(18)22/h3-9,11,17,24H,10H2,1-2H3,(H,23,25). The van der Waals surface area contributed by atoms with Crippen LogP contribution in [0, 0.1) is 5.92 Å². The molecule has 7 nitrogen and oxygen atoms in total. The first kappa shape index (κ1) is 24.4. The van der Waals surface area contributed by atoms with E-state index >= 15 is 0 Å². The van der Waals surface area contributed by atoms with Gasteiger partial charge in [0.15, 0.2) is 6.61 Å². The van der Waals surface area contributed by atoms with Gasteiger partial charge >= 0.3 is 5.97 Å². The maximum atomic E-state index is 12.5. The smallest absolute Gasteiger partial charge is 0.324 e. The number of para-hydroxylation sites is 1. The first-order valence-electron chi connectivity index (χ1n) is 8.69. The normalized spacial score (nSPS) is 12.5. The Bertz CT molecular complexity index is 1010. The molecule has 1 unspecified atom stereocenters. The maximum absolute atomic E-state index is 12.5. The van der Waals surface area contributed by atoms with Crippen molar-refractivity contribution >= 4 is 62.4 Å². The van der Waals surface area contributed by atoms with Crippen LogP contribution in [0.5, 0.6) is 0 Å². The molecule has 1 atom stereocenters. The Labute approximate surface area is 189 Å². The highest BCUT2D eigenvalue weighted by atomic mass is 35.5. The Morgan fingerprint density at radius 2 is 1.57 bits per heavy atom. The Kier molecular flexibility index (Phi) is 8.52. The van der Waals surface area contributed by atoms with Crippen molar-refractivity contribution in [2.24, 2.45) is 5.92 Å². The van der Waals surface area contributed by atoms with E-state index in [4.69, 9.17) is 39.5 Å². The van der Waals surface area contributed by atoms with Crippen LogP contribution >= 0.6 is 34.8 Å². The molecule has 0 bridgehead atoms. The zero-order valence-corrected chi connectivity index (χ0v) is 19.1. The highest BCUT2D eigenvalue weighted by molar-refractivity contribution is 7.89. The second kappa shape index (κ2) is 10.5. The number of nitrogens with one attached hydrogen (secondary N) is 2. The lowest BCUT2D eigenvalue weighted by molar-refractivity contribution is -0.150. The molecule has 0 aliphatic heterocycles. The van der Waals surface area contributed by atoms with Crippen LogP contribution in [0.4, 0.5) is 5.69 Å². The predicted molar refractivity (Wildman–Crippen MR) is 116 cm³/mol. The second-order valence-corrected chi connectivity index (χ2v) is 9.51. The third kappa shape index (κ3) is 6.58. The van der Waals surface area contributed by atoms with Crippen molar-refractivity contribution in [2.75, 3.05) is 11.9 Å². The molecule has 2 aromatic rings. The summed E-state index contributed by atoms with van der Waals surface area (Å²) < 4.78 is 32.4. The zero-order valence-electron chi connectivity index (χ0n) is 16.0. The Hall–Kier alpha value is -1.84. The average molecular weight is 494 g/mol. The molecule has 2 N–H and O–H groups in total. The van der Waals surface area contributed by atoms with Gasteiger partial charge < -0.3 is 10.1 Å². The van der Waals surface area contributed by atoms with Crippen LogP contribution in [0.1, 0.15) is 13.8 Å². The molecule has 0 aromatic heterocycles. The van der Waals surface area contributed by atoms with Crippen molar-refractivity contribution in [3.63, 3.8) is 0 Å². The number of rotatable bonds is 8. The van der Waals surface area contributed by atoms with E-state index < -0.39 is 40.5 Å². The summed E-state index contributed by atoms with van der Waals surface area (Å²) in [5, 5.41) is 3.26. The maximum Gasteiger partial charge on any atom is 0.324 e. The third-order valence-electron chi connectivity index (χ3n) is 3.90. The Morgan fingerprint density at radius 3 is 2.10 bits per heavy atom. The molecule has 0 radical (unpaired) electrons. The first-order chi connectivity index (χ1) is 14.0. The van der Waals surface area contributed by atoms with E-state index in [2.05, 4.69) is 10.0 Å². The van der Waals surface area contributed by atoms with E-state index in [0.29, 0.717) is 5.02 Å². The van der Waals surface area contributed by atoms with Crippen LogP contribution in [0.15, 0.2) is 47.4 Å². The van der Waals surface area contributed by atoms with Gasteiger partial charge in [-0.15, -0.1) is 0 Å². The largest absolute Gasteiger partial charge is 0.454 e. The third-order valence-corrected chi connectivity index (χ3v) is 6.24. The van der Waals surface area contributed by atoms with Gasteiger partial charge in [0.25, 0.3) is 5.91 Å². The number of amides is 1. The fourth-order valence-corrected chi connectivity index (χ4v) is 4.28. The number of carbonyl (C=O) groups excluding carboxylic acids is 2. The van der Waals surface area contributed by atoms with Gasteiger partial charge in [-0.25, -0.2) is 8.42 Å². The van der Waals surface area contributed by atoms with Gasteiger partial charge in [0.05, 0.1) is 20.6 Å². The van der Waals surface area contributed by atoms with Gasteiger partial charge in [-0.05, 0) is 42.3 Å². The Morgan fingerprint density at radius 1 is 1.00 bits per heavy atom. The molecule has 2 aromatic carbocycles. The number of ether oxygens (including phenoxy) is 1. The molecule has 0 heterocycles. The highest BCUT2D eigenvalue weighted by Crippen LogP contribution is 2.29. The molecule has 0 aliphatic carbocycles. The molecule has 0 fully saturated rings. The van der Waals surface area contributed by atoms with Crippen molar-refractivity contribution < 1.29 is 22.7 Å². The quantitative estimate of drug-likeness (QED) is 0.538. The van der Waals surface area contributed by atoms with E-state index in [1.54, 1.807) is 19.9 Å². The molecule has 0 saturated heterocycles. The van der Waals surface area contributed by atoms with Crippen molar-refractivity contribution in [3.8, 4) is 0 Å². The summed E-state index contributed by atoms with van der Waals surface area (Å²) in [4.78, 5) is 24.5. The van der Waals surface area contributed by atoms with Gasteiger partial charge in [0.2, 0.25) is 10.0 Å². The second-order valence-electron chi connectivity index (χ2n) is 6.55. The lowest BCUT2D eigenvalue weighted by atomic mass is 10.1. The number of hydrogen-bond acceptors (Lipinski definition) is 5. The van der Waals surface area contributed by atoms with Crippen LogP contribution in [0.3, 0.4) is 0 Å². The predicted octanol–water partition coefficient (Wildman–Crippen LogP) is 4.13. The van der Waals surface area contributed by atoms with Crippen molar-refractivity contribution in [1.82, 2.24) is 4.72 Å². The van der Waals surface area contributed by atoms with Crippen LogP contribution in [0.25, 0.3) is 0 Å². The number of sulfonamides is 1. The number of halogens is 3. The lowest BCUT2D eigenvalue weighted by Gasteiger charge is -2.21. The van der Waals surface area contributed by atoms with Gasteiger partial charge in [0.1, 0.15) is 6.04 Å². The Balaban J connectivity index is 2.03.